The van der Waals surface area contributed by atoms with Crippen LogP contribution in [0.1, 0.15) is 30.1 Å². The second-order valence-corrected chi connectivity index (χ2v) is 5.61. The quantitative estimate of drug-likeness (QED) is 0.855. The Labute approximate surface area is 135 Å². The van der Waals surface area contributed by atoms with Crippen LogP contribution in [0.25, 0.3) is 0 Å². The number of methoxy groups -OCH3 is 1. The smallest absolute Gasteiger partial charge is 0.156 e. The average molecular weight is 322 g/mol. The molecular weight excluding hydrogens is 302 g/mol. The molecule has 22 heavy (non-hydrogen) atoms. The average Bonchev–Trinajstić information content (AvgIpc) is 2.47. The van der Waals surface area contributed by atoms with Crippen LogP contribution in [0, 0.1) is 6.92 Å². The molecule has 2 unspecified atom stereocenters. The van der Waals surface area contributed by atoms with E-state index in [1.165, 1.54) is 0 Å². The first kappa shape index (κ1) is 16.7. The summed E-state index contributed by atoms with van der Waals surface area (Å²) >= 11 is 5.86. The molecule has 0 aliphatic carbocycles. The van der Waals surface area contributed by atoms with Crippen molar-refractivity contribution in [1.82, 2.24) is 9.97 Å². The van der Waals surface area contributed by atoms with Gasteiger partial charge in [0.15, 0.2) is 5.82 Å². The van der Waals surface area contributed by atoms with E-state index in [1.54, 1.807) is 19.2 Å². The van der Waals surface area contributed by atoms with Gasteiger partial charge in [-0.05, 0) is 31.5 Å². The maximum Gasteiger partial charge on any atom is 0.156 e. The molecular formula is C16H20ClN3O2. The highest BCUT2D eigenvalue weighted by molar-refractivity contribution is 6.30. The number of nitrogens with zero attached hydrogens (tertiary/aromatic N) is 2. The first-order valence-corrected chi connectivity index (χ1v) is 7.41. The van der Waals surface area contributed by atoms with Crippen molar-refractivity contribution in [3.63, 3.8) is 0 Å². The summed E-state index contributed by atoms with van der Waals surface area (Å²) in [5.41, 5.74) is 1.64. The van der Waals surface area contributed by atoms with Gasteiger partial charge in [0.2, 0.25) is 0 Å². The van der Waals surface area contributed by atoms with Crippen molar-refractivity contribution in [2.75, 3.05) is 12.4 Å². The van der Waals surface area contributed by atoms with E-state index in [2.05, 4.69) is 15.3 Å². The number of aromatic nitrogens is 2. The van der Waals surface area contributed by atoms with E-state index in [1.807, 2.05) is 32.0 Å². The maximum atomic E-state index is 10.4. The number of aryl methyl sites for hydroxylation is 1. The highest BCUT2D eigenvalue weighted by atomic mass is 35.5. The Hall–Kier alpha value is -1.69. The highest BCUT2D eigenvalue weighted by Gasteiger charge is 2.17. The molecule has 0 saturated heterocycles. The van der Waals surface area contributed by atoms with E-state index in [9.17, 15) is 5.11 Å². The van der Waals surface area contributed by atoms with Crippen LogP contribution in [-0.2, 0) is 11.3 Å². The minimum Gasteiger partial charge on any atom is -0.386 e. The molecule has 1 heterocycles. The molecule has 0 bridgehead atoms. The molecule has 2 atom stereocenters. The fraction of sp³-hybridized carbons (Fsp3) is 0.375. The predicted octanol–water partition coefficient (Wildman–Crippen LogP) is 3.12. The Kier molecular flexibility index (Phi) is 5.71. The van der Waals surface area contributed by atoms with E-state index >= 15 is 0 Å². The van der Waals surface area contributed by atoms with Crippen LogP contribution < -0.4 is 5.32 Å². The third-order valence-electron chi connectivity index (χ3n) is 3.23. The normalized spacial score (nSPS) is 13.7. The number of hydrogen-bond donors (Lipinski definition) is 2. The van der Waals surface area contributed by atoms with Crippen molar-refractivity contribution in [3.8, 4) is 0 Å². The van der Waals surface area contributed by atoms with Crippen LogP contribution in [0.2, 0.25) is 5.02 Å². The number of aliphatic hydroxyl groups is 1. The van der Waals surface area contributed by atoms with E-state index in [-0.39, 0.29) is 6.04 Å². The van der Waals surface area contributed by atoms with Gasteiger partial charge >= 0.3 is 0 Å². The second-order valence-electron chi connectivity index (χ2n) is 5.17. The molecule has 6 heteroatoms. The van der Waals surface area contributed by atoms with E-state index in [0.717, 1.165) is 11.3 Å². The van der Waals surface area contributed by atoms with Crippen molar-refractivity contribution >= 4 is 17.4 Å². The molecule has 2 rings (SSSR count). The highest BCUT2D eigenvalue weighted by Crippen LogP contribution is 2.21. The monoisotopic (exact) mass is 321 g/mol. The van der Waals surface area contributed by atoms with Crippen LogP contribution in [-0.4, -0.2) is 28.2 Å². The molecule has 0 saturated carbocycles. The lowest BCUT2D eigenvalue weighted by molar-refractivity contribution is 0.160. The lowest BCUT2D eigenvalue weighted by atomic mass is 10.0. The Morgan fingerprint density at radius 2 is 1.95 bits per heavy atom. The zero-order valence-corrected chi connectivity index (χ0v) is 13.6. The molecule has 118 valence electrons. The van der Waals surface area contributed by atoms with Crippen LogP contribution >= 0.6 is 11.6 Å². The van der Waals surface area contributed by atoms with E-state index in [4.69, 9.17) is 16.3 Å². The summed E-state index contributed by atoms with van der Waals surface area (Å²) in [5.74, 6) is 1.28. The fourth-order valence-electron chi connectivity index (χ4n) is 2.16. The summed E-state index contributed by atoms with van der Waals surface area (Å²) in [6, 6.07) is 8.77. The molecule has 0 spiro atoms. The Morgan fingerprint density at radius 1 is 1.27 bits per heavy atom. The van der Waals surface area contributed by atoms with Crippen molar-refractivity contribution in [3.05, 3.63) is 52.4 Å². The van der Waals surface area contributed by atoms with Gasteiger partial charge in [-0.1, -0.05) is 23.7 Å². The summed E-state index contributed by atoms with van der Waals surface area (Å²) in [7, 11) is 1.60. The SMILES string of the molecule is COCc1nc(C)cc(NC(C)C(O)c2ccc(Cl)cc2)n1. The van der Waals surface area contributed by atoms with Crippen molar-refractivity contribution in [1.29, 1.82) is 0 Å². The molecule has 0 amide bonds. The van der Waals surface area contributed by atoms with Crippen LogP contribution in [0.5, 0.6) is 0 Å². The third kappa shape index (κ3) is 4.40. The summed E-state index contributed by atoms with van der Waals surface area (Å²) < 4.78 is 5.06. The first-order chi connectivity index (χ1) is 10.5. The molecule has 2 N–H and O–H groups in total. The molecule has 1 aromatic heterocycles. The number of ether oxygens (including phenoxy) is 1. The Bertz CT molecular complexity index is 619. The zero-order chi connectivity index (χ0) is 16.1. The topological polar surface area (TPSA) is 67.3 Å². The number of halogens is 1. The molecule has 0 aliphatic heterocycles. The van der Waals surface area contributed by atoms with Gasteiger partial charge in [-0.2, -0.15) is 0 Å². The number of aliphatic hydroxyl groups excluding tert-OH is 1. The van der Waals surface area contributed by atoms with Gasteiger partial charge in [0.05, 0.1) is 12.1 Å². The van der Waals surface area contributed by atoms with E-state index < -0.39 is 6.10 Å². The number of nitrogens with one attached hydrogen (secondary N) is 1. The molecule has 5 nitrogen and oxygen atoms in total. The Morgan fingerprint density at radius 3 is 2.59 bits per heavy atom. The van der Waals surface area contributed by atoms with Crippen LogP contribution in [0.4, 0.5) is 5.82 Å². The van der Waals surface area contributed by atoms with E-state index in [0.29, 0.717) is 23.3 Å². The lowest BCUT2D eigenvalue weighted by Crippen LogP contribution is -2.25. The first-order valence-electron chi connectivity index (χ1n) is 7.03. The van der Waals surface area contributed by atoms with Gasteiger partial charge < -0.3 is 15.2 Å². The van der Waals surface area contributed by atoms with Crippen molar-refractivity contribution < 1.29 is 9.84 Å². The molecule has 1 aromatic carbocycles. The fourth-order valence-corrected chi connectivity index (χ4v) is 2.28. The number of benzene rings is 1. The largest absolute Gasteiger partial charge is 0.386 e. The minimum absolute atomic E-state index is 0.217. The van der Waals surface area contributed by atoms with Gasteiger partial charge in [0.25, 0.3) is 0 Å². The van der Waals surface area contributed by atoms with Crippen LogP contribution in [0.15, 0.2) is 30.3 Å². The summed E-state index contributed by atoms with van der Waals surface area (Å²) in [6.07, 6.45) is -0.668. The zero-order valence-electron chi connectivity index (χ0n) is 12.9. The predicted molar refractivity (Wildman–Crippen MR) is 87.0 cm³/mol. The summed E-state index contributed by atoms with van der Waals surface area (Å²) in [4.78, 5) is 8.66. The lowest BCUT2D eigenvalue weighted by Gasteiger charge is -2.21. The summed E-state index contributed by atoms with van der Waals surface area (Å²) in [6.45, 7) is 4.14. The standard InChI is InChI=1S/C16H20ClN3O2/c1-10-8-14(20-15(18-10)9-22-3)19-11(2)16(21)12-4-6-13(17)7-5-12/h4-8,11,16,21H,9H2,1-3H3,(H,18,19,20). The van der Waals surface area contributed by atoms with Gasteiger partial charge in [0, 0.05) is 23.9 Å². The van der Waals surface area contributed by atoms with Gasteiger partial charge in [0.1, 0.15) is 12.4 Å². The minimum atomic E-state index is -0.668. The van der Waals surface area contributed by atoms with Crippen molar-refractivity contribution in [2.45, 2.75) is 32.6 Å². The second kappa shape index (κ2) is 7.54. The number of hydrogen-bond acceptors (Lipinski definition) is 5. The third-order valence-corrected chi connectivity index (χ3v) is 3.49. The van der Waals surface area contributed by atoms with Crippen molar-refractivity contribution in [2.24, 2.45) is 0 Å². The number of rotatable bonds is 6. The summed E-state index contributed by atoms with van der Waals surface area (Å²) in [5, 5.41) is 14.3. The Balaban J connectivity index is 2.10. The van der Waals surface area contributed by atoms with Gasteiger partial charge in [-0.15, -0.1) is 0 Å². The molecule has 0 radical (unpaired) electrons. The van der Waals surface area contributed by atoms with Crippen LogP contribution in [0.3, 0.4) is 0 Å². The molecule has 2 aromatic rings. The van der Waals surface area contributed by atoms with Gasteiger partial charge in [-0.25, -0.2) is 9.97 Å². The number of anilines is 1. The van der Waals surface area contributed by atoms with Gasteiger partial charge in [-0.3, -0.25) is 0 Å². The maximum absolute atomic E-state index is 10.4. The molecule has 0 aliphatic rings. The molecule has 0 fully saturated rings.